The van der Waals surface area contributed by atoms with Gasteiger partial charge in [-0.05, 0) is 24.6 Å². The van der Waals surface area contributed by atoms with Gasteiger partial charge in [0.25, 0.3) is 0 Å². The summed E-state index contributed by atoms with van der Waals surface area (Å²) in [7, 11) is 1.47. The van der Waals surface area contributed by atoms with Crippen molar-refractivity contribution in [3.8, 4) is 5.75 Å². The number of carbonyl (C=O) groups excluding carboxylic acids is 1. The maximum atomic E-state index is 13.9. The second-order valence-corrected chi connectivity index (χ2v) is 8.47. The van der Waals surface area contributed by atoms with Crippen molar-refractivity contribution < 1.29 is 13.9 Å². The van der Waals surface area contributed by atoms with E-state index in [9.17, 15) is 9.18 Å². The van der Waals surface area contributed by atoms with Gasteiger partial charge in [-0.15, -0.1) is 24.0 Å². The first-order chi connectivity index (χ1) is 14.2. The molecule has 0 atom stereocenters. The molecule has 0 aliphatic carbocycles. The number of guanidine groups is 1. The molecule has 1 heterocycles. The molecule has 0 aromatic heterocycles. The maximum absolute atomic E-state index is 13.9. The predicted molar refractivity (Wildman–Crippen MR) is 134 cm³/mol. The van der Waals surface area contributed by atoms with Crippen LogP contribution in [-0.2, 0) is 11.3 Å². The predicted octanol–water partition coefficient (Wildman–Crippen LogP) is 2.70. The lowest BCUT2D eigenvalue weighted by atomic mass is 9.96. The van der Waals surface area contributed by atoms with E-state index in [-0.39, 0.29) is 41.5 Å². The Morgan fingerprint density at radius 3 is 2.42 bits per heavy atom. The average molecular weight is 549 g/mol. The minimum absolute atomic E-state index is 0. The number of nitrogens with zero attached hydrogens (tertiary/aromatic N) is 3. The molecule has 31 heavy (non-hydrogen) atoms. The molecule has 0 radical (unpaired) electrons. The minimum Gasteiger partial charge on any atom is -0.494 e. The second-order valence-electron chi connectivity index (χ2n) is 8.47. The number of carbonyl (C=O) groups is 1. The first kappa shape index (κ1) is 27.4. The van der Waals surface area contributed by atoms with E-state index in [2.05, 4.69) is 25.4 Å². The number of hydrogen-bond acceptors (Lipinski definition) is 4. The van der Waals surface area contributed by atoms with Gasteiger partial charge < -0.3 is 20.3 Å². The van der Waals surface area contributed by atoms with Crippen molar-refractivity contribution in [2.24, 2.45) is 10.4 Å². The third-order valence-corrected chi connectivity index (χ3v) is 4.97. The summed E-state index contributed by atoms with van der Waals surface area (Å²) < 4.78 is 18.9. The van der Waals surface area contributed by atoms with Gasteiger partial charge in [0.2, 0.25) is 5.91 Å². The van der Waals surface area contributed by atoms with E-state index in [1.165, 1.54) is 7.11 Å². The largest absolute Gasteiger partial charge is 0.494 e. The molecule has 2 rings (SSSR count). The van der Waals surface area contributed by atoms with Gasteiger partial charge in [-0.2, -0.15) is 0 Å². The van der Waals surface area contributed by atoms with Crippen LogP contribution in [0.5, 0.6) is 5.75 Å². The summed E-state index contributed by atoms with van der Waals surface area (Å²) in [5.41, 5.74) is 0.550. The highest BCUT2D eigenvalue weighted by atomic mass is 127. The number of benzene rings is 1. The zero-order valence-corrected chi connectivity index (χ0v) is 21.7. The van der Waals surface area contributed by atoms with E-state index in [1.807, 2.05) is 33.8 Å². The molecule has 176 valence electrons. The van der Waals surface area contributed by atoms with E-state index < -0.39 is 5.41 Å². The van der Waals surface area contributed by atoms with Crippen LogP contribution in [0.1, 0.15) is 33.3 Å². The van der Waals surface area contributed by atoms with Crippen LogP contribution in [0, 0.1) is 11.2 Å². The Balaban J connectivity index is 0.00000480. The van der Waals surface area contributed by atoms with Gasteiger partial charge in [0, 0.05) is 51.2 Å². The molecule has 1 aromatic carbocycles. The van der Waals surface area contributed by atoms with E-state index in [1.54, 1.807) is 12.1 Å². The van der Waals surface area contributed by atoms with Crippen molar-refractivity contribution in [3.05, 3.63) is 29.6 Å². The lowest BCUT2D eigenvalue weighted by molar-refractivity contribution is -0.128. The highest BCUT2D eigenvalue weighted by Crippen LogP contribution is 2.19. The highest BCUT2D eigenvalue weighted by Gasteiger charge is 2.21. The zero-order chi connectivity index (χ0) is 22.1. The van der Waals surface area contributed by atoms with Crippen LogP contribution in [0.2, 0.25) is 0 Å². The summed E-state index contributed by atoms with van der Waals surface area (Å²) in [6.07, 6.45) is 0. The number of amides is 1. The molecule has 1 aliphatic heterocycles. The van der Waals surface area contributed by atoms with Gasteiger partial charge in [0.05, 0.1) is 13.7 Å². The quantitative estimate of drug-likeness (QED) is 0.237. The maximum Gasteiger partial charge on any atom is 0.225 e. The van der Waals surface area contributed by atoms with E-state index in [0.717, 1.165) is 44.2 Å². The van der Waals surface area contributed by atoms with E-state index >= 15 is 0 Å². The smallest absolute Gasteiger partial charge is 0.225 e. The van der Waals surface area contributed by atoms with Crippen molar-refractivity contribution in [2.45, 2.75) is 34.2 Å². The molecular weight excluding hydrogens is 512 g/mol. The van der Waals surface area contributed by atoms with Gasteiger partial charge in [-0.1, -0.05) is 26.8 Å². The fourth-order valence-corrected chi connectivity index (χ4v) is 3.21. The van der Waals surface area contributed by atoms with Gasteiger partial charge in [0.1, 0.15) is 0 Å². The Labute approximate surface area is 202 Å². The Hall–Kier alpha value is -1.62. The van der Waals surface area contributed by atoms with Crippen LogP contribution < -0.4 is 15.4 Å². The minimum atomic E-state index is -0.392. The fourth-order valence-electron chi connectivity index (χ4n) is 3.21. The molecule has 0 bridgehead atoms. The number of piperazine rings is 1. The molecule has 0 unspecified atom stereocenters. The summed E-state index contributed by atoms with van der Waals surface area (Å²) in [5, 5.41) is 6.27. The van der Waals surface area contributed by atoms with Gasteiger partial charge in [0.15, 0.2) is 17.5 Å². The van der Waals surface area contributed by atoms with Crippen molar-refractivity contribution in [2.75, 3.05) is 52.9 Å². The first-order valence-corrected chi connectivity index (χ1v) is 10.6. The van der Waals surface area contributed by atoms with Crippen LogP contribution in [0.25, 0.3) is 0 Å². The molecule has 1 aliphatic rings. The topological polar surface area (TPSA) is 69.2 Å². The number of aliphatic imine (C=N–C) groups is 1. The van der Waals surface area contributed by atoms with Crippen molar-refractivity contribution in [1.82, 2.24) is 20.4 Å². The summed E-state index contributed by atoms with van der Waals surface area (Å²) in [4.78, 5) is 21.2. The molecule has 7 nitrogen and oxygen atoms in total. The zero-order valence-electron chi connectivity index (χ0n) is 19.3. The standard InChI is InChI=1S/C22H36FN5O2.HI/c1-6-24-21(26-10-9-25-20(29)22(2,3)4)28-13-11-27(12-14-28)16-17-7-8-19(30-5)18(23)15-17;/h7-8,15H,6,9-14,16H2,1-5H3,(H,24,26)(H,25,29);1H. The third-order valence-electron chi connectivity index (χ3n) is 4.97. The Morgan fingerprint density at radius 1 is 1.19 bits per heavy atom. The summed E-state index contributed by atoms with van der Waals surface area (Å²) in [6.45, 7) is 13.7. The fraction of sp³-hybridized carbons (Fsp3) is 0.636. The normalized spacial score (nSPS) is 15.3. The third kappa shape index (κ3) is 8.80. The van der Waals surface area contributed by atoms with Crippen LogP contribution in [0.15, 0.2) is 23.2 Å². The molecular formula is C22H37FIN5O2. The molecule has 1 fully saturated rings. The summed E-state index contributed by atoms with van der Waals surface area (Å²) in [6, 6.07) is 5.13. The SMILES string of the molecule is CCNC(=NCCNC(=O)C(C)(C)C)N1CCN(Cc2ccc(OC)c(F)c2)CC1.I. The Kier molecular flexibility index (Phi) is 11.5. The van der Waals surface area contributed by atoms with Crippen molar-refractivity contribution >= 4 is 35.8 Å². The number of halogens is 2. The Bertz CT molecular complexity index is 731. The molecule has 9 heteroatoms. The number of rotatable bonds is 7. The molecule has 2 N–H and O–H groups in total. The van der Waals surface area contributed by atoms with Crippen molar-refractivity contribution in [3.63, 3.8) is 0 Å². The van der Waals surface area contributed by atoms with Crippen LogP contribution in [-0.4, -0.2) is 74.6 Å². The van der Waals surface area contributed by atoms with E-state index in [4.69, 9.17) is 4.74 Å². The lowest BCUT2D eigenvalue weighted by Gasteiger charge is -2.36. The van der Waals surface area contributed by atoms with E-state index in [0.29, 0.717) is 19.6 Å². The van der Waals surface area contributed by atoms with Gasteiger partial charge in [-0.25, -0.2) is 4.39 Å². The summed E-state index contributed by atoms with van der Waals surface area (Å²) >= 11 is 0. The number of hydrogen-bond donors (Lipinski definition) is 2. The molecule has 0 saturated carbocycles. The molecule has 1 amide bonds. The molecule has 0 spiro atoms. The monoisotopic (exact) mass is 549 g/mol. The van der Waals surface area contributed by atoms with Crippen molar-refractivity contribution in [1.29, 1.82) is 0 Å². The summed E-state index contributed by atoms with van der Waals surface area (Å²) in [5.74, 6) is 0.853. The molecule has 1 aromatic rings. The van der Waals surface area contributed by atoms with Gasteiger partial charge in [-0.3, -0.25) is 14.7 Å². The van der Waals surface area contributed by atoms with Crippen LogP contribution in [0.3, 0.4) is 0 Å². The van der Waals surface area contributed by atoms with Crippen LogP contribution in [0.4, 0.5) is 4.39 Å². The number of methoxy groups -OCH3 is 1. The van der Waals surface area contributed by atoms with Gasteiger partial charge >= 0.3 is 0 Å². The highest BCUT2D eigenvalue weighted by molar-refractivity contribution is 14.0. The Morgan fingerprint density at radius 2 is 1.87 bits per heavy atom. The average Bonchev–Trinajstić information content (AvgIpc) is 2.70. The number of nitrogens with one attached hydrogen (secondary N) is 2. The molecule has 1 saturated heterocycles. The van der Waals surface area contributed by atoms with Crippen LogP contribution >= 0.6 is 24.0 Å². The number of ether oxygens (including phenoxy) is 1. The first-order valence-electron chi connectivity index (χ1n) is 10.6. The lowest BCUT2D eigenvalue weighted by Crippen LogP contribution is -2.52. The second kappa shape index (κ2) is 13.0.